The first-order chi connectivity index (χ1) is 8.08. The van der Waals surface area contributed by atoms with E-state index in [-0.39, 0.29) is 0 Å². The molecule has 2 nitrogen and oxygen atoms in total. The lowest BCUT2D eigenvalue weighted by atomic mass is 10.1. The topological polar surface area (TPSA) is 29.3 Å². The molecule has 0 aliphatic rings. The van der Waals surface area contributed by atoms with Crippen LogP contribution in [0.3, 0.4) is 0 Å². The highest BCUT2D eigenvalue weighted by atomic mass is 79.9. The molecule has 0 amide bonds. The van der Waals surface area contributed by atoms with Crippen LogP contribution >= 0.6 is 27.3 Å². The Bertz CT molecular complexity index is 502. The lowest BCUT2D eigenvalue weighted by Gasteiger charge is -2.22. The number of hydrogen-bond acceptors (Lipinski definition) is 3. The number of benzene rings is 1. The molecule has 90 valence electrons. The van der Waals surface area contributed by atoms with Crippen molar-refractivity contribution in [2.24, 2.45) is 0 Å². The van der Waals surface area contributed by atoms with Crippen molar-refractivity contribution in [1.82, 2.24) is 0 Å². The SMILES string of the molecule is Cc1cccc(N)c1N(C)Cc1csc(Br)c1. The first-order valence-electron chi connectivity index (χ1n) is 5.37. The predicted octanol–water partition coefficient (Wildman–Crippen LogP) is 4.04. The van der Waals surface area contributed by atoms with Crippen molar-refractivity contribution >= 4 is 38.6 Å². The van der Waals surface area contributed by atoms with E-state index in [1.807, 2.05) is 12.1 Å². The zero-order valence-corrected chi connectivity index (χ0v) is 12.3. The summed E-state index contributed by atoms with van der Waals surface area (Å²) in [6.45, 7) is 2.96. The largest absolute Gasteiger partial charge is 0.397 e. The molecule has 0 spiro atoms. The Morgan fingerprint density at radius 2 is 2.18 bits per heavy atom. The molecule has 2 rings (SSSR count). The molecule has 1 heterocycles. The summed E-state index contributed by atoms with van der Waals surface area (Å²) >= 11 is 5.19. The Hall–Kier alpha value is -1.00. The van der Waals surface area contributed by atoms with Crippen molar-refractivity contribution in [3.8, 4) is 0 Å². The number of halogens is 1. The molecule has 0 fully saturated rings. The summed E-state index contributed by atoms with van der Waals surface area (Å²) in [7, 11) is 2.07. The average Bonchev–Trinajstić information content (AvgIpc) is 2.63. The second kappa shape index (κ2) is 5.10. The molecule has 2 N–H and O–H groups in total. The van der Waals surface area contributed by atoms with Gasteiger partial charge in [-0.3, -0.25) is 0 Å². The zero-order valence-electron chi connectivity index (χ0n) is 9.90. The van der Waals surface area contributed by atoms with E-state index in [4.69, 9.17) is 5.73 Å². The number of rotatable bonds is 3. The van der Waals surface area contributed by atoms with Crippen LogP contribution in [0.5, 0.6) is 0 Å². The molecule has 0 unspecified atom stereocenters. The molecule has 1 aromatic carbocycles. The highest BCUT2D eigenvalue weighted by Crippen LogP contribution is 2.29. The Labute approximate surface area is 114 Å². The van der Waals surface area contributed by atoms with Crippen molar-refractivity contribution in [1.29, 1.82) is 0 Å². The number of anilines is 2. The molecular weight excluding hydrogens is 296 g/mol. The van der Waals surface area contributed by atoms with E-state index in [9.17, 15) is 0 Å². The summed E-state index contributed by atoms with van der Waals surface area (Å²) < 4.78 is 1.17. The van der Waals surface area contributed by atoms with Crippen LogP contribution in [0.15, 0.2) is 33.4 Å². The summed E-state index contributed by atoms with van der Waals surface area (Å²) in [4.78, 5) is 2.19. The number of nitrogen functional groups attached to an aromatic ring is 1. The third-order valence-electron chi connectivity index (χ3n) is 2.69. The highest BCUT2D eigenvalue weighted by Gasteiger charge is 2.09. The number of nitrogens with zero attached hydrogens (tertiary/aromatic N) is 1. The molecule has 17 heavy (non-hydrogen) atoms. The van der Waals surface area contributed by atoms with Gasteiger partial charge in [0.15, 0.2) is 0 Å². The van der Waals surface area contributed by atoms with E-state index in [0.717, 1.165) is 17.9 Å². The molecule has 0 saturated heterocycles. The molecule has 4 heteroatoms. The quantitative estimate of drug-likeness (QED) is 0.867. The van der Waals surface area contributed by atoms with Crippen LogP contribution in [0.4, 0.5) is 11.4 Å². The number of nitrogens with two attached hydrogens (primary N) is 1. The first-order valence-corrected chi connectivity index (χ1v) is 7.04. The fourth-order valence-electron chi connectivity index (χ4n) is 1.98. The van der Waals surface area contributed by atoms with Crippen LogP contribution in [0, 0.1) is 6.92 Å². The van der Waals surface area contributed by atoms with Crippen LogP contribution in [-0.2, 0) is 6.54 Å². The second-order valence-corrected chi connectivity index (χ2v) is 6.42. The average molecular weight is 311 g/mol. The maximum Gasteiger partial charge on any atom is 0.0701 e. The smallest absolute Gasteiger partial charge is 0.0701 e. The van der Waals surface area contributed by atoms with Gasteiger partial charge >= 0.3 is 0 Å². The van der Waals surface area contributed by atoms with Gasteiger partial charge in [-0.25, -0.2) is 0 Å². The van der Waals surface area contributed by atoms with E-state index < -0.39 is 0 Å². The van der Waals surface area contributed by atoms with Gasteiger partial charge in [-0.15, -0.1) is 11.3 Å². The number of para-hydroxylation sites is 1. The van der Waals surface area contributed by atoms with Gasteiger partial charge < -0.3 is 10.6 Å². The van der Waals surface area contributed by atoms with Crippen LogP contribution in [0.2, 0.25) is 0 Å². The molecule has 0 atom stereocenters. The van der Waals surface area contributed by atoms with E-state index >= 15 is 0 Å². The Balaban J connectivity index is 2.22. The number of thiophene rings is 1. The Morgan fingerprint density at radius 1 is 1.41 bits per heavy atom. The molecular formula is C13H15BrN2S. The van der Waals surface area contributed by atoms with Gasteiger partial charge in [0.2, 0.25) is 0 Å². The van der Waals surface area contributed by atoms with Gasteiger partial charge in [0.05, 0.1) is 15.2 Å². The molecule has 0 aliphatic carbocycles. The maximum absolute atomic E-state index is 6.03. The van der Waals surface area contributed by atoms with Crippen molar-refractivity contribution in [3.05, 3.63) is 44.6 Å². The van der Waals surface area contributed by atoms with Crippen LogP contribution in [-0.4, -0.2) is 7.05 Å². The van der Waals surface area contributed by atoms with Gasteiger partial charge in [-0.05, 0) is 51.5 Å². The summed E-state index contributed by atoms with van der Waals surface area (Å²) in [5.74, 6) is 0. The van der Waals surface area contributed by atoms with Crippen LogP contribution in [0.1, 0.15) is 11.1 Å². The molecule has 0 bridgehead atoms. The van der Waals surface area contributed by atoms with E-state index in [1.54, 1.807) is 11.3 Å². The minimum atomic E-state index is 0.835. The van der Waals surface area contributed by atoms with Gasteiger partial charge in [0.1, 0.15) is 0 Å². The third kappa shape index (κ3) is 2.82. The van der Waals surface area contributed by atoms with Crippen molar-refractivity contribution < 1.29 is 0 Å². The molecule has 1 aromatic heterocycles. The highest BCUT2D eigenvalue weighted by molar-refractivity contribution is 9.11. The molecule has 0 radical (unpaired) electrons. The lowest BCUT2D eigenvalue weighted by Crippen LogP contribution is -2.18. The lowest BCUT2D eigenvalue weighted by molar-refractivity contribution is 0.923. The van der Waals surface area contributed by atoms with Gasteiger partial charge in [0, 0.05) is 13.6 Å². The summed E-state index contributed by atoms with van der Waals surface area (Å²) in [5.41, 5.74) is 10.5. The fourth-order valence-corrected chi connectivity index (χ4v) is 3.19. The minimum absolute atomic E-state index is 0.835. The monoisotopic (exact) mass is 310 g/mol. The molecule has 0 aliphatic heterocycles. The zero-order chi connectivity index (χ0) is 12.4. The normalized spacial score (nSPS) is 10.5. The van der Waals surface area contributed by atoms with Gasteiger partial charge in [-0.1, -0.05) is 12.1 Å². The summed E-state index contributed by atoms with van der Waals surface area (Å²) in [6, 6.07) is 8.17. The van der Waals surface area contributed by atoms with Crippen molar-refractivity contribution in [3.63, 3.8) is 0 Å². The maximum atomic E-state index is 6.03. The number of hydrogen-bond donors (Lipinski definition) is 1. The summed E-state index contributed by atoms with van der Waals surface area (Å²) in [6.07, 6.45) is 0. The van der Waals surface area contributed by atoms with Crippen molar-refractivity contribution in [2.75, 3.05) is 17.7 Å². The van der Waals surface area contributed by atoms with Crippen LogP contribution < -0.4 is 10.6 Å². The van der Waals surface area contributed by atoms with Crippen molar-refractivity contribution in [2.45, 2.75) is 13.5 Å². The van der Waals surface area contributed by atoms with Crippen LogP contribution in [0.25, 0.3) is 0 Å². The third-order valence-corrected chi connectivity index (χ3v) is 4.25. The summed E-state index contributed by atoms with van der Waals surface area (Å²) in [5, 5.41) is 2.16. The number of aryl methyl sites for hydroxylation is 1. The Kier molecular flexibility index (Phi) is 3.74. The standard InChI is InChI=1S/C13H15BrN2S/c1-9-4-3-5-11(15)13(9)16(2)7-10-6-12(14)17-8-10/h3-6,8H,7,15H2,1-2H3. The predicted molar refractivity (Wildman–Crippen MR) is 79.7 cm³/mol. The molecule has 0 saturated carbocycles. The van der Waals surface area contributed by atoms with E-state index in [1.165, 1.54) is 14.9 Å². The second-order valence-electron chi connectivity index (χ2n) is 4.13. The van der Waals surface area contributed by atoms with E-state index in [2.05, 4.69) is 52.3 Å². The Morgan fingerprint density at radius 3 is 2.76 bits per heavy atom. The molecule has 2 aromatic rings. The first kappa shape index (κ1) is 12.5. The minimum Gasteiger partial charge on any atom is -0.397 e. The van der Waals surface area contributed by atoms with E-state index in [0.29, 0.717) is 0 Å². The van der Waals surface area contributed by atoms with Gasteiger partial charge in [-0.2, -0.15) is 0 Å². The van der Waals surface area contributed by atoms with Gasteiger partial charge in [0.25, 0.3) is 0 Å². The fraction of sp³-hybridized carbons (Fsp3) is 0.231.